The van der Waals surface area contributed by atoms with Crippen LogP contribution in [0.2, 0.25) is 0 Å². The van der Waals surface area contributed by atoms with E-state index in [0.717, 1.165) is 38.3 Å². The molecule has 0 fully saturated rings. The zero-order valence-electron chi connectivity index (χ0n) is 13.1. The summed E-state index contributed by atoms with van der Waals surface area (Å²) in [6, 6.07) is 2.64. The summed E-state index contributed by atoms with van der Waals surface area (Å²) < 4.78 is 27.6. The summed E-state index contributed by atoms with van der Waals surface area (Å²) in [7, 11) is 0. The number of benzene rings is 1. The van der Waals surface area contributed by atoms with Gasteiger partial charge in [0.2, 0.25) is 0 Å². The van der Waals surface area contributed by atoms with Crippen molar-refractivity contribution in [3.05, 3.63) is 34.9 Å². The molecule has 0 aromatic heterocycles. The minimum atomic E-state index is -0.469. The fraction of sp³-hybridized carbons (Fsp3) is 0.647. The second kappa shape index (κ2) is 8.35. The van der Waals surface area contributed by atoms with Crippen LogP contribution in [0.25, 0.3) is 0 Å². The van der Waals surface area contributed by atoms with Crippen LogP contribution in [0, 0.1) is 24.5 Å². The Kier molecular flexibility index (Phi) is 7.14. The Bertz CT molecular complexity index is 418. The molecule has 0 saturated carbocycles. The molecule has 0 heterocycles. The van der Waals surface area contributed by atoms with Crippen LogP contribution in [0.5, 0.6) is 0 Å². The quantitative estimate of drug-likeness (QED) is 0.696. The van der Waals surface area contributed by atoms with E-state index in [1.807, 2.05) is 6.92 Å². The zero-order valence-corrected chi connectivity index (χ0v) is 13.1. The maximum atomic E-state index is 14.1. The molecule has 3 heteroatoms. The average Bonchev–Trinajstić information content (AvgIpc) is 2.42. The molecule has 0 amide bonds. The third-order valence-corrected chi connectivity index (χ3v) is 3.96. The van der Waals surface area contributed by atoms with Gasteiger partial charge in [-0.25, -0.2) is 8.78 Å². The van der Waals surface area contributed by atoms with Crippen LogP contribution in [-0.4, -0.2) is 6.54 Å². The van der Waals surface area contributed by atoms with Crippen molar-refractivity contribution in [2.75, 3.05) is 6.54 Å². The zero-order chi connectivity index (χ0) is 15.1. The van der Waals surface area contributed by atoms with Crippen molar-refractivity contribution >= 4 is 0 Å². The van der Waals surface area contributed by atoms with Gasteiger partial charge < -0.3 is 5.32 Å². The van der Waals surface area contributed by atoms with Gasteiger partial charge in [0.05, 0.1) is 0 Å². The van der Waals surface area contributed by atoms with Gasteiger partial charge in [0.25, 0.3) is 0 Å². The van der Waals surface area contributed by atoms with E-state index in [0.29, 0.717) is 17.0 Å². The molecule has 0 aliphatic rings. The fourth-order valence-electron chi connectivity index (χ4n) is 2.74. The van der Waals surface area contributed by atoms with Crippen LogP contribution in [-0.2, 0) is 0 Å². The van der Waals surface area contributed by atoms with Gasteiger partial charge in [0, 0.05) is 17.7 Å². The van der Waals surface area contributed by atoms with Crippen LogP contribution < -0.4 is 5.32 Å². The van der Waals surface area contributed by atoms with E-state index in [1.165, 1.54) is 0 Å². The highest BCUT2D eigenvalue weighted by Crippen LogP contribution is 2.31. The molecule has 0 aliphatic heterocycles. The van der Waals surface area contributed by atoms with Crippen molar-refractivity contribution in [1.82, 2.24) is 5.32 Å². The summed E-state index contributed by atoms with van der Waals surface area (Å²) in [5.41, 5.74) is 1.11. The maximum absolute atomic E-state index is 14.1. The number of nitrogens with one attached hydrogen (secondary N) is 1. The van der Waals surface area contributed by atoms with Crippen LogP contribution in [0.3, 0.4) is 0 Å². The monoisotopic (exact) mass is 283 g/mol. The van der Waals surface area contributed by atoms with Gasteiger partial charge in [-0.1, -0.05) is 40.0 Å². The molecule has 0 radical (unpaired) electrons. The second-order valence-electron chi connectivity index (χ2n) is 5.47. The number of hydrogen-bond donors (Lipinski definition) is 1. The number of aryl methyl sites for hydroxylation is 1. The summed E-state index contributed by atoms with van der Waals surface area (Å²) in [6.07, 6.45) is 4.34. The van der Waals surface area contributed by atoms with Crippen molar-refractivity contribution in [2.24, 2.45) is 5.92 Å². The van der Waals surface area contributed by atoms with Gasteiger partial charge in [-0.3, -0.25) is 0 Å². The first kappa shape index (κ1) is 17.1. The molecule has 1 nitrogen and oxygen atoms in total. The fourth-order valence-corrected chi connectivity index (χ4v) is 2.74. The normalized spacial score (nSPS) is 14.3. The third-order valence-electron chi connectivity index (χ3n) is 3.96. The molecule has 1 aromatic carbocycles. The Hall–Kier alpha value is -0.960. The summed E-state index contributed by atoms with van der Waals surface area (Å²) in [6.45, 7) is 8.79. The van der Waals surface area contributed by atoms with E-state index in [-0.39, 0.29) is 6.04 Å². The Labute approximate surface area is 121 Å². The molecule has 0 aliphatic carbocycles. The highest BCUT2D eigenvalue weighted by molar-refractivity contribution is 5.28. The number of rotatable bonds is 8. The predicted molar refractivity (Wildman–Crippen MR) is 80.8 cm³/mol. The Balaban J connectivity index is 3.08. The second-order valence-corrected chi connectivity index (χ2v) is 5.47. The standard InChI is InChI=1S/C17H27F2N/c1-5-8-9-13(6-2)17(20-7-3)14-10-12(4)15(18)11-16(14)19/h10-11,13,17,20H,5-9H2,1-4H3. The van der Waals surface area contributed by atoms with Gasteiger partial charge in [-0.2, -0.15) is 0 Å². The summed E-state index contributed by atoms with van der Waals surface area (Å²) in [5.74, 6) is -0.522. The predicted octanol–water partition coefficient (Wildman–Crippen LogP) is 5.14. The van der Waals surface area contributed by atoms with Crippen molar-refractivity contribution in [1.29, 1.82) is 0 Å². The smallest absolute Gasteiger partial charge is 0.130 e. The molecule has 0 saturated heterocycles. The van der Waals surface area contributed by atoms with Gasteiger partial charge in [-0.15, -0.1) is 0 Å². The molecule has 0 bridgehead atoms. The van der Waals surface area contributed by atoms with Gasteiger partial charge in [0.1, 0.15) is 11.6 Å². The van der Waals surface area contributed by atoms with E-state index >= 15 is 0 Å². The first-order chi connectivity index (χ1) is 9.54. The average molecular weight is 283 g/mol. The van der Waals surface area contributed by atoms with Crippen LogP contribution in [0.4, 0.5) is 8.78 Å². The molecular weight excluding hydrogens is 256 g/mol. The van der Waals surface area contributed by atoms with Crippen molar-refractivity contribution in [3.8, 4) is 0 Å². The van der Waals surface area contributed by atoms with Gasteiger partial charge >= 0.3 is 0 Å². The summed E-state index contributed by atoms with van der Waals surface area (Å²) in [5, 5.41) is 3.38. The first-order valence-corrected chi connectivity index (χ1v) is 7.73. The molecule has 0 spiro atoms. The number of hydrogen-bond acceptors (Lipinski definition) is 1. The molecule has 114 valence electrons. The van der Waals surface area contributed by atoms with Crippen molar-refractivity contribution < 1.29 is 8.78 Å². The lowest BCUT2D eigenvalue weighted by molar-refractivity contribution is 0.319. The molecule has 1 aromatic rings. The minimum absolute atomic E-state index is 0.0316. The van der Waals surface area contributed by atoms with E-state index in [4.69, 9.17) is 0 Å². The van der Waals surface area contributed by atoms with Crippen molar-refractivity contribution in [2.45, 2.75) is 59.4 Å². The Morgan fingerprint density at radius 3 is 2.35 bits per heavy atom. The SMILES string of the molecule is CCCCC(CC)C(NCC)c1cc(C)c(F)cc1F. The highest BCUT2D eigenvalue weighted by atomic mass is 19.1. The molecular formula is C17H27F2N. The number of halogens is 2. The molecule has 2 unspecified atom stereocenters. The van der Waals surface area contributed by atoms with Crippen LogP contribution >= 0.6 is 0 Å². The molecule has 2 atom stereocenters. The van der Waals surface area contributed by atoms with Gasteiger partial charge in [0.15, 0.2) is 0 Å². The molecule has 1 N–H and O–H groups in total. The Morgan fingerprint density at radius 1 is 1.10 bits per heavy atom. The highest BCUT2D eigenvalue weighted by Gasteiger charge is 2.24. The van der Waals surface area contributed by atoms with Crippen molar-refractivity contribution in [3.63, 3.8) is 0 Å². The summed E-state index contributed by atoms with van der Waals surface area (Å²) >= 11 is 0. The van der Waals surface area contributed by atoms with E-state index in [9.17, 15) is 8.78 Å². The molecule has 20 heavy (non-hydrogen) atoms. The van der Waals surface area contributed by atoms with E-state index in [1.54, 1.807) is 13.0 Å². The minimum Gasteiger partial charge on any atom is -0.310 e. The lowest BCUT2D eigenvalue weighted by Crippen LogP contribution is -2.29. The van der Waals surface area contributed by atoms with E-state index < -0.39 is 11.6 Å². The first-order valence-electron chi connectivity index (χ1n) is 7.73. The number of unbranched alkanes of at least 4 members (excludes halogenated alkanes) is 1. The summed E-state index contributed by atoms with van der Waals surface area (Å²) in [4.78, 5) is 0. The maximum Gasteiger partial charge on any atom is 0.130 e. The van der Waals surface area contributed by atoms with Crippen LogP contribution in [0.1, 0.15) is 63.6 Å². The van der Waals surface area contributed by atoms with Crippen LogP contribution in [0.15, 0.2) is 12.1 Å². The van der Waals surface area contributed by atoms with Gasteiger partial charge in [-0.05, 0) is 37.4 Å². The lowest BCUT2D eigenvalue weighted by Gasteiger charge is -2.28. The molecule has 1 rings (SSSR count). The van der Waals surface area contributed by atoms with E-state index in [2.05, 4.69) is 19.2 Å². The Morgan fingerprint density at radius 2 is 1.80 bits per heavy atom. The largest absolute Gasteiger partial charge is 0.310 e. The lowest BCUT2D eigenvalue weighted by atomic mass is 9.86. The third kappa shape index (κ3) is 4.27. The topological polar surface area (TPSA) is 12.0 Å².